The predicted molar refractivity (Wildman–Crippen MR) is 145 cm³/mol. The third-order valence-corrected chi connectivity index (χ3v) is 8.87. The fraction of sp³-hybridized carbons (Fsp3) is 0.387. The van der Waals surface area contributed by atoms with E-state index in [2.05, 4.69) is 10.2 Å². The van der Waals surface area contributed by atoms with Gasteiger partial charge in [0.25, 0.3) is 5.91 Å². The molecule has 8 heteroatoms. The molecule has 3 aliphatic heterocycles. The van der Waals surface area contributed by atoms with Crippen molar-refractivity contribution in [3.05, 3.63) is 76.6 Å². The van der Waals surface area contributed by atoms with E-state index >= 15 is 0 Å². The van der Waals surface area contributed by atoms with Gasteiger partial charge in [-0.25, -0.2) is 4.39 Å². The van der Waals surface area contributed by atoms with Crippen LogP contribution in [0.15, 0.2) is 48.5 Å². The minimum atomic E-state index is -0.669. The van der Waals surface area contributed by atoms with E-state index in [-0.39, 0.29) is 29.5 Å². The third kappa shape index (κ3) is 4.36. The standard InChI is InChI=1S/C31H32FN3O4/c1-19-21(30(38)34(2)26-11-12-27(36)33-29(26)37)8-9-24-28(19)39-18-31(24)13-15-35(16-14-31)17-20-7-10-25(32)23-6-4-3-5-22(20)23/h3-10,26H,11-18H2,1-2H3,(H,33,36,37). The number of likely N-dealkylation sites (N-methyl/N-ethyl adjacent to an activating group) is 1. The molecule has 3 aromatic rings. The first-order valence-corrected chi connectivity index (χ1v) is 13.5. The van der Waals surface area contributed by atoms with E-state index in [1.807, 2.05) is 49.4 Å². The first-order valence-electron chi connectivity index (χ1n) is 13.5. The van der Waals surface area contributed by atoms with Crippen molar-refractivity contribution >= 4 is 28.5 Å². The number of carbonyl (C=O) groups is 3. The van der Waals surface area contributed by atoms with Crippen LogP contribution in [-0.4, -0.2) is 60.3 Å². The number of benzene rings is 3. The number of ether oxygens (including phenoxy) is 1. The number of fused-ring (bicyclic) bond motifs is 3. The highest BCUT2D eigenvalue weighted by molar-refractivity contribution is 6.04. The van der Waals surface area contributed by atoms with Gasteiger partial charge < -0.3 is 9.64 Å². The minimum absolute atomic E-state index is 0.0987. The van der Waals surface area contributed by atoms with Crippen LogP contribution in [0.5, 0.6) is 5.75 Å². The Morgan fingerprint density at radius 3 is 2.59 bits per heavy atom. The quantitative estimate of drug-likeness (QED) is 0.515. The van der Waals surface area contributed by atoms with E-state index in [4.69, 9.17) is 4.74 Å². The van der Waals surface area contributed by atoms with Crippen molar-refractivity contribution in [2.24, 2.45) is 0 Å². The summed E-state index contributed by atoms with van der Waals surface area (Å²) in [5, 5.41) is 3.94. The number of amides is 3. The van der Waals surface area contributed by atoms with Crippen molar-refractivity contribution in [2.45, 2.75) is 50.6 Å². The zero-order chi connectivity index (χ0) is 27.3. The van der Waals surface area contributed by atoms with Crippen LogP contribution in [-0.2, 0) is 21.5 Å². The van der Waals surface area contributed by atoms with E-state index in [1.54, 1.807) is 13.1 Å². The van der Waals surface area contributed by atoms with Gasteiger partial charge >= 0.3 is 0 Å². The maximum absolute atomic E-state index is 14.3. The van der Waals surface area contributed by atoms with Crippen LogP contribution < -0.4 is 10.1 Å². The summed E-state index contributed by atoms with van der Waals surface area (Å²) in [6.07, 6.45) is 2.40. The SMILES string of the molecule is Cc1c(C(=O)N(C)C2CCC(=O)NC2=O)ccc2c1OCC21CCN(Cc2ccc(F)c3ccccc23)CC1. The lowest BCUT2D eigenvalue weighted by Gasteiger charge is -2.38. The number of likely N-dealkylation sites (tertiary alicyclic amines) is 1. The van der Waals surface area contributed by atoms with Gasteiger partial charge in [-0.3, -0.25) is 24.6 Å². The molecule has 0 radical (unpaired) electrons. The number of imide groups is 1. The normalized spacial score (nSPS) is 20.5. The maximum atomic E-state index is 14.3. The molecule has 3 amide bonds. The third-order valence-electron chi connectivity index (χ3n) is 8.87. The Balaban J connectivity index is 1.17. The molecule has 1 N–H and O–H groups in total. The van der Waals surface area contributed by atoms with Crippen LogP contribution in [0.25, 0.3) is 10.8 Å². The second-order valence-electron chi connectivity index (χ2n) is 11.1. The number of piperidine rings is 2. The number of hydrogen-bond donors (Lipinski definition) is 1. The van der Waals surface area contributed by atoms with Crippen LogP contribution in [0.4, 0.5) is 4.39 Å². The van der Waals surface area contributed by atoms with Crippen LogP contribution in [0.1, 0.15) is 52.7 Å². The van der Waals surface area contributed by atoms with Crippen molar-refractivity contribution in [1.29, 1.82) is 0 Å². The Bertz CT molecular complexity index is 1490. The number of carbonyl (C=O) groups excluding carboxylic acids is 3. The molecule has 6 rings (SSSR count). The van der Waals surface area contributed by atoms with E-state index < -0.39 is 11.9 Å². The Morgan fingerprint density at radius 1 is 1.10 bits per heavy atom. The molecule has 7 nitrogen and oxygen atoms in total. The lowest BCUT2D eigenvalue weighted by Crippen LogP contribution is -2.53. The second kappa shape index (κ2) is 9.75. The summed E-state index contributed by atoms with van der Waals surface area (Å²) in [7, 11) is 1.61. The van der Waals surface area contributed by atoms with E-state index in [1.165, 1.54) is 4.90 Å². The summed E-state index contributed by atoms with van der Waals surface area (Å²) in [6, 6.07) is 14.3. The molecule has 39 heavy (non-hydrogen) atoms. The molecule has 0 saturated carbocycles. The number of rotatable bonds is 4. The van der Waals surface area contributed by atoms with Gasteiger partial charge in [0.05, 0.1) is 6.61 Å². The van der Waals surface area contributed by atoms with Gasteiger partial charge in [-0.1, -0.05) is 36.4 Å². The Labute approximate surface area is 226 Å². The lowest BCUT2D eigenvalue weighted by molar-refractivity contribution is -0.136. The lowest BCUT2D eigenvalue weighted by atomic mass is 9.73. The largest absolute Gasteiger partial charge is 0.492 e. The Kier molecular flexibility index (Phi) is 6.38. The van der Waals surface area contributed by atoms with Gasteiger partial charge in [0, 0.05) is 47.5 Å². The zero-order valence-electron chi connectivity index (χ0n) is 22.3. The molecule has 1 unspecified atom stereocenters. The summed E-state index contributed by atoms with van der Waals surface area (Å²) < 4.78 is 20.5. The molecular weight excluding hydrogens is 497 g/mol. The second-order valence-corrected chi connectivity index (χ2v) is 11.1. The molecule has 1 atom stereocenters. The van der Waals surface area contributed by atoms with Gasteiger partial charge in [0.15, 0.2) is 0 Å². The summed E-state index contributed by atoms with van der Waals surface area (Å²) in [5.74, 6) is -0.410. The van der Waals surface area contributed by atoms with Crippen molar-refractivity contribution in [3.63, 3.8) is 0 Å². The molecular formula is C31H32FN3O4. The average Bonchev–Trinajstić information content (AvgIpc) is 3.30. The van der Waals surface area contributed by atoms with Gasteiger partial charge in [-0.2, -0.15) is 0 Å². The van der Waals surface area contributed by atoms with Gasteiger partial charge in [-0.15, -0.1) is 0 Å². The number of halogens is 1. The fourth-order valence-corrected chi connectivity index (χ4v) is 6.45. The monoisotopic (exact) mass is 529 g/mol. The number of nitrogens with zero attached hydrogens (tertiary/aromatic N) is 2. The zero-order valence-corrected chi connectivity index (χ0v) is 22.3. The molecule has 3 aliphatic rings. The van der Waals surface area contributed by atoms with Crippen molar-refractivity contribution in [2.75, 3.05) is 26.7 Å². The molecule has 0 aliphatic carbocycles. The Hall–Kier alpha value is -3.78. The van der Waals surface area contributed by atoms with E-state index in [0.29, 0.717) is 24.0 Å². The first kappa shape index (κ1) is 25.5. The molecule has 3 aromatic carbocycles. The molecule has 2 saturated heterocycles. The van der Waals surface area contributed by atoms with Crippen LogP contribution in [0, 0.1) is 12.7 Å². The first-order chi connectivity index (χ1) is 18.8. The average molecular weight is 530 g/mol. The van der Waals surface area contributed by atoms with Gasteiger partial charge in [-0.05, 0) is 62.4 Å². The summed E-state index contributed by atoms with van der Waals surface area (Å²) >= 11 is 0. The summed E-state index contributed by atoms with van der Waals surface area (Å²) in [4.78, 5) is 41.0. The summed E-state index contributed by atoms with van der Waals surface area (Å²) in [6.45, 7) is 5.04. The van der Waals surface area contributed by atoms with E-state index in [9.17, 15) is 18.8 Å². The molecule has 2 fully saturated rings. The van der Waals surface area contributed by atoms with Gasteiger partial charge in [0.1, 0.15) is 17.6 Å². The smallest absolute Gasteiger partial charge is 0.254 e. The molecule has 1 spiro atoms. The van der Waals surface area contributed by atoms with Crippen LogP contribution in [0.3, 0.4) is 0 Å². The van der Waals surface area contributed by atoms with Crippen LogP contribution in [0.2, 0.25) is 0 Å². The molecule has 0 bridgehead atoms. The minimum Gasteiger partial charge on any atom is -0.492 e. The van der Waals surface area contributed by atoms with Gasteiger partial charge in [0.2, 0.25) is 11.8 Å². The summed E-state index contributed by atoms with van der Waals surface area (Å²) in [5.41, 5.74) is 3.48. The maximum Gasteiger partial charge on any atom is 0.254 e. The van der Waals surface area contributed by atoms with E-state index in [0.717, 1.165) is 60.3 Å². The fourth-order valence-electron chi connectivity index (χ4n) is 6.45. The Morgan fingerprint density at radius 2 is 1.85 bits per heavy atom. The predicted octanol–water partition coefficient (Wildman–Crippen LogP) is 4.09. The topological polar surface area (TPSA) is 79.0 Å². The highest BCUT2D eigenvalue weighted by Crippen LogP contribution is 2.48. The van der Waals surface area contributed by atoms with Crippen LogP contribution >= 0.6 is 0 Å². The molecule has 0 aromatic heterocycles. The number of nitrogens with one attached hydrogen (secondary N) is 1. The van der Waals surface area contributed by atoms with Crippen molar-refractivity contribution < 1.29 is 23.5 Å². The molecule has 3 heterocycles. The highest BCUT2D eigenvalue weighted by Gasteiger charge is 2.44. The highest BCUT2D eigenvalue weighted by atomic mass is 19.1. The number of hydrogen-bond acceptors (Lipinski definition) is 5. The van der Waals surface area contributed by atoms with Crippen molar-refractivity contribution in [1.82, 2.24) is 15.1 Å². The van der Waals surface area contributed by atoms with Crippen molar-refractivity contribution in [3.8, 4) is 5.75 Å². The molecule has 202 valence electrons.